The van der Waals surface area contributed by atoms with Crippen LogP contribution in [-0.4, -0.2) is 34.2 Å². The maximum absolute atomic E-state index is 13.5. The van der Waals surface area contributed by atoms with Gasteiger partial charge in [0.05, 0.1) is 23.6 Å². The zero-order chi connectivity index (χ0) is 20.5. The molecular weight excluding hydrogens is 366 g/mol. The van der Waals surface area contributed by atoms with E-state index >= 15 is 0 Å². The first kappa shape index (κ1) is 20.4. The van der Waals surface area contributed by atoms with Gasteiger partial charge in [-0.3, -0.25) is 9.20 Å². The third-order valence-electron chi connectivity index (χ3n) is 5.37. The Hall–Kier alpha value is -2.31. The van der Waals surface area contributed by atoms with Crippen LogP contribution >= 0.6 is 0 Å². The molecule has 2 heterocycles. The van der Waals surface area contributed by atoms with Crippen molar-refractivity contribution in [2.75, 3.05) is 6.61 Å². The van der Waals surface area contributed by atoms with Crippen LogP contribution in [0.25, 0.3) is 5.65 Å². The summed E-state index contributed by atoms with van der Waals surface area (Å²) in [5.74, 6) is -2.84. The van der Waals surface area contributed by atoms with Gasteiger partial charge in [-0.05, 0) is 50.2 Å². The number of halogens is 2. The van der Waals surface area contributed by atoms with Crippen LogP contribution in [0.2, 0.25) is 0 Å². The Morgan fingerprint density at radius 2 is 2.04 bits per heavy atom. The molecule has 1 saturated carbocycles. The predicted octanol–water partition coefficient (Wildman–Crippen LogP) is 4.81. The fraction of sp³-hybridized carbons (Fsp3) is 0.571. The number of aromatic nitrogens is 2. The molecular formula is C21H26F2N2O3. The minimum absolute atomic E-state index is 0.0983. The van der Waals surface area contributed by atoms with E-state index in [1.54, 1.807) is 17.4 Å². The maximum atomic E-state index is 13.5. The summed E-state index contributed by atoms with van der Waals surface area (Å²) in [7, 11) is 0. The van der Waals surface area contributed by atoms with Crippen molar-refractivity contribution >= 4 is 17.9 Å². The summed E-state index contributed by atoms with van der Waals surface area (Å²) >= 11 is 0. The molecule has 0 aromatic carbocycles. The van der Waals surface area contributed by atoms with Crippen LogP contribution in [0, 0.1) is 5.92 Å². The number of carbonyl (C=O) groups excluding carboxylic acids is 2. The monoisotopic (exact) mass is 392 g/mol. The molecule has 3 rings (SSSR count). The highest BCUT2D eigenvalue weighted by molar-refractivity contribution is 5.92. The summed E-state index contributed by atoms with van der Waals surface area (Å²) in [6.45, 7) is 5.97. The summed E-state index contributed by atoms with van der Waals surface area (Å²) in [5.41, 5.74) is 2.81. The van der Waals surface area contributed by atoms with Crippen LogP contribution in [0.4, 0.5) is 8.78 Å². The highest BCUT2D eigenvalue weighted by Crippen LogP contribution is 2.38. The molecule has 0 unspecified atom stereocenters. The van der Waals surface area contributed by atoms with Crippen molar-refractivity contribution in [1.82, 2.24) is 9.38 Å². The second-order valence-electron chi connectivity index (χ2n) is 7.80. The Morgan fingerprint density at radius 3 is 2.61 bits per heavy atom. The lowest BCUT2D eigenvalue weighted by molar-refractivity contribution is -0.0457. The van der Waals surface area contributed by atoms with E-state index in [1.807, 2.05) is 13.8 Å². The summed E-state index contributed by atoms with van der Waals surface area (Å²) in [6, 6.07) is 3.12. The van der Waals surface area contributed by atoms with Crippen molar-refractivity contribution in [2.45, 2.75) is 64.7 Å². The first-order valence-electron chi connectivity index (χ1n) is 9.81. The number of carbonyl (C=O) groups is 2. The number of aldehydes is 1. The highest BCUT2D eigenvalue weighted by Gasteiger charge is 2.35. The Bertz CT molecular complexity index is 879. The zero-order valence-corrected chi connectivity index (χ0v) is 16.5. The topological polar surface area (TPSA) is 60.7 Å². The molecule has 152 valence electrons. The van der Waals surface area contributed by atoms with Gasteiger partial charge in [-0.25, -0.2) is 18.6 Å². The maximum Gasteiger partial charge on any atom is 0.338 e. The van der Waals surface area contributed by atoms with Crippen LogP contribution in [-0.2, 0) is 11.2 Å². The fourth-order valence-corrected chi connectivity index (χ4v) is 3.93. The Kier molecular flexibility index (Phi) is 5.82. The van der Waals surface area contributed by atoms with Crippen molar-refractivity contribution in [1.29, 1.82) is 0 Å². The number of pyridine rings is 1. The molecule has 0 aliphatic heterocycles. The molecule has 0 radical (unpaired) electrons. The molecule has 0 atom stereocenters. The van der Waals surface area contributed by atoms with Crippen LogP contribution in [0.5, 0.6) is 0 Å². The largest absolute Gasteiger partial charge is 0.462 e. The van der Waals surface area contributed by atoms with E-state index in [0.29, 0.717) is 36.9 Å². The quantitative estimate of drug-likeness (QED) is 0.523. The van der Waals surface area contributed by atoms with Gasteiger partial charge in [-0.1, -0.05) is 13.8 Å². The molecule has 0 bridgehead atoms. The minimum atomic E-state index is -2.57. The molecule has 2 aromatic rings. The molecule has 1 aliphatic rings. The van der Waals surface area contributed by atoms with Gasteiger partial charge in [0.25, 0.3) is 0 Å². The number of rotatable bonds is 6. The average Bonchev–Trinajstić information content (AvgIpc) is 3.01. The minimum Gasteiger partial charge on any atom is -0.462 e. The number of nitrogens with zero attached hydrogens (tertiary/aromatic N) is 2. The lowest BCUT2D eigenvalue weighted by atomic mass is 9.83. The average molecular weight is 392 g/mol. The van der Waals surface area contributed by atoms with Crippen molar-refractivity contribution in [3.05, 3.63) is 34.8 Å². The summed E-state index contributed by atoms with van der Waals surface area (Å²) in [4.78, 5) is 28.5. The molecule has 0 amide bonds. The van der Waals surface area contributed by atoms with Gasteiger partial charge in [0, 0.05) is 18.5 Å². The second kappa shape index (κ2) is 7.97. The van der Waals surface area contributed by atoms with Crippen molar-refractivity contribution < 1.29 is 23.1 Å². The predicted molar refractivity (Wildman–Crippen MR) is 101 cm³/mol. The lowest BCUT2D eigenvalue weighted by Gasteiger charge is -2.28. The number of alkyl halides is 2. The summed E-state index contributed by atoms with van der Waals surface area (Å²) < 4.78 is 33.8. The van der Waals surface area contributed by atoms with Gasteiger partial charge < -0.3 is 4.74 Å². The van der Waals surface area contributed by atoms with E-state index in [4.69, 9.17) is 4.74 Å². The summed E-state index contributed by atoms with van der Waals surface area (Å²) in [6.07, 6.45) is 1.99. The van der Waals surface area contributed by atoms with Crippen molar-refractivity contribution in [3.63, 3.8) is 0 Å². The molecule has 1 fully saturated rings. The summed E-state index contributed by atoms with van der Waals surface area (Å²) in [5, 5.41) is 0. The smallest absolute Gasteiger partial charge is 0.338 e. The zero-order valence-electron chi connectivity index (χ0n) is 16.5. The Morgan fingerprint density at radius 1 is 1.36 bits per heavy atom. The van der Waals surface area contributed by atoms with E-state index in [2.05, 4.69) is 4.98 Å². The SMILES string of the molecule is CCOC(=O)c1cc(C=O)n2c(CC3CCC(F)(F)CC3)c(C(C)C)nc2c1. The number of hydrogen-bond donors (Lipinski definition) is 0. The third kappa shape index (κ3) is 4.08. The number of imidazole rings is 1. The Balaban J connectivity index is 2.04. The molecule has 0 spiro atoms. The third-order valence-corrected chi connectivity index (χ3v) is 5.37. The highest BCUT2D eigenvalue weighted by atomic mass is 19.3. The number of ether oxygens (including phenoxy) is 1. The molecule has 0 saturated heterocycles. The number of hydrogen-bond acceptors (Lipinski definition) is 4. The lowest BCUT2D eigenvalue weighted by Crippen LogP contribution is -2.26. The van der Waals surface area contributed by atoms with Gasteiger partial charge in [0.1, 0.15) is 5.65 Å². The van der Waals surface area contributed by atoms with Gasteiger partial charge in [0.2, 0.25) is 5.92 Å². The van der Waals surface area contributed by atoms with Crippen LogP contribution in [0.1, 0.15) is 84.6 Å². The van der Waals surface area contributed by atoms with E-state index in [9.17, 15) is 18.4 Å². The molecule has 28 heavy (non-hydrogen) atoms. The van der Waals surface area contributed by atoms with E-state index in [-0.39, 0.29) is 36.8 Å². The van der Waals surface area contributed by atoms with Gasteiger partial charge in [-0.15, -0.1) is 0 Å². The van der Waals surface area contributed by atoms with Crippen LogP contribution < -0.4 is 0 Å². The van der Waals surface area contributed by atoms with Gasteiger partial charge in [0.15, 0.2) is 6.29 Å². The first-order chi connectivity index (χ1) is 13.3. The number of esters is 1. The molecule has 5 nitrogen and oxygen atoms in total. The Labute approximate surface area is 163 Å². The second-order valence-corrected chi connectivity index (χ2v) is 7.80. The van der Waals surface area contributed by atoms with Crippen LogP contribution in [0.15, 0.2) is 12.1 Å². The van der Waals surface area contributed by atoms with E-state index < -0.39 is 11.9 Å². The van der Waals surface area contributed by atoms with Crippen molar-refractivity contribution in [3.8, 4) is 0 Å². The van der Waals surface area contributed by atoms with Crippen molar-refractivity contribution in [2.24, 2.45) is 5.92 Å². The van der Waals surface area contributed by atoms with E-state index in [0.717, 1.165) is 11.4 Å². The number of fused-ring (bicyclic) bond motifs is 1. The van der Waals surface area contributed by atoms with E-state index in [1.165, 1.54) is 6.07 Å². The van der Waals surface area contributed by atoms with Crippen LogP contribution in [0.3, 0.4) is 0 Å². The first-order valence-corrected chi connectivity index (χ1v) is 9.81. The molecule has 1 aliphatic carbocycles. The fourth-order valence-electron chi connectivity index (χ4n) is 3.93. The van der Waals surface area contributed by atoms with Gasteiger partial charge in [-0.2, -0.15) is 0 Å². The van der Waals surface area contributed by atoms with Gasteiger partial charge >= 0.3 is 5.97 Å². The standard InChI is InChI=1S/C21H26F2N2O3/c1-4-28-20(27)15-10-16(12-26)25-17(19(13(2)3)24-18(25)11-15)9-14-5-7-21(22,23)8-6-14/h10-14H,4-9H2,1-3H3. The molecule has 2 aromatic heterocycles. The molecule has 0 N–H and O–H groups in total. The molecule has 7 heteroatoms. The normalized spacial score (nSPS) is 17.2.